The van der Waals surface area contributed by atoms with Gasteiger partial charge in [-0.3, -0.25) is 9.59 Å². The maximum atomic E-state index is 12.9. The number of H-pyrrole nitrogens is 1. The monoisotopic (exact) mass is 413 g/mol. The van der Waals surface area contributed by atoms with Gasteiger partial charge in [0.05, 0.1) is 11.4 Å². The molecule has 0 amide bonds. The van der Waals surface area contributed by atoms with E-state index in [9.17, 15) is 18.0 Å². The van der Waals surface area contributed by atoms with Gasteiger partial charge in [-0.05, 0) is 30.9 Å². The number of pyridine rings is 1. The van der Waals surface area contributed by atoms with Crippen LogP contribution in [-0.4, -0.2) is 41.1 Å². The van der Waals surface area contributed by atoms with Gasteiger partial charge in [-0.25, -0.2) is 8.42 Å². The molecule has 3 heterocycles. The van der Waals surface area contributed by atoms with Crippen LogP contribution in [0.5, 0.6) is 0 Å². The van der Waals surface area contributed by atoms with E-state index in [0.29, 0.717) is 18.7 Å². The molecule has 4 rings (SSSR count). The normalized spacial score (nSPS) is 15.2. The molecule has 29 heavy (non-hydrogen) atoms. The highest BCUT2D eigenvalue weighted by Gasteiger charge is 2.28. The molecule has 2 aromatic heterocycles. The number of hydrogen-bond donors (Lipinski definition) is 1. The van der Waals surface area contributed by atoms with Gasteiger partial charge in [0.1, 0.15) is 0 Å². The summed E-state index contributed by atoms with van der Waals surface area (Å²) in [5, 5.41) is 0.809. The van der Waals surface area contributed by atoms with Crippen LogP contribution >= 0.6 is 0 Å². The SMILES string of the molecule is CCc1cccc2c(C(=O)Cn3cc(S(=O)(=O)N4CCCC4)ccc3=O)c[nH]c12. The minimum absolute atomic E-state index is 0.0407. The molecule has 3 aromatic rings. The Labute approximate surface area is 169 Å². The number of Topliss-reactive ketones (excluding diaryl/α,β-unsaturated/α-hetero) is 1. The van der Waals surface area contributed by atoms with Crippen LogP contribution in [0.1, 0.15) is 35.7 Å². The predicted molar refractivity (Wildman–Crippen MR) is 111 cm³/mol. The number of para-hydroxylation sites is 1. The van der Waals surface area contributed by atoms with Crippen molar-refractivity contribution in [2.24, 2.45) is 0 Å². The average Bonchev–Trinajstić information content (AvgIpc) is 3.39. The molecular weight excluding hydrogens is 390 g/mol. The van der Waals surface area contributed by atoms with Gasteiger partial charge in [-0.1, -0.05) is 25.1 Å². The highest BCUT2D eigenvalue weighted by molar-refractivity contribution is 7.89. The van der Waals surface area contributed by atoms with E-state index in [1.165, 1.54) is 27.2 Å². The van der Waals surface area contributed by atoms with E-state index in [2.05, 4.69) is 4.98 Å². The average molecular weight is 413 g/mol. The lowest BCUT2D eigenvalue weighted by Crippen LogP contribution is -2.30. The first-order valence-corrected chi connectivity index (χ1v) is 11.2. The smallest absolute Gasteiger partial charge is 0.251 e. The number of carbonyl (C=O) groups is 1. The fraction of sp³-hybridized carbons (Fsp3) is 0.333. The first kappa shape index (κ1) is 19.6. The Hall–Kier alpha value is -2.71. The number of benzene rings is 1. The summed E-state index contributed by atoms with van der Waals surface area (Å²) in [6.07, 6.45) is 5.43. The minimum Gasteiger partial charge on any atom is -0.360 e. The summed E-state index contributed by atoms with van der Waals surface area (Å²) in [5.41, 5.74) is 2.11. The first-order valence-electron chi connectivity index (χ1n) is 9.74. The van der Waals surface area contributed by atoms with Gasteiger partial charge in [-0.15, -0.1) is 0 Å². The van der Waals surface area contributed by atoms with Gasteiger partial charge in [0.2, 0.25) is 10.0 Å². The van der Waals surface area contributed by atoms with Crippen molar-refractivity contribution in [2.75, 3.05) is 13.1 Å². The number of nitrogens with one attached hydrogen (secondary N) is 1. The maximum Gasteiger partial charge on any atom is 0.251 e. The summed E-state index contributed by atoms with van der Waals surface area (Å²) in [7, 11) is -3.66. The largest absolute Gasteiger partial charge is 0.360 e. The van der Waals surface area contributed by atoms with E-state index in [0.717, 1.165) is 35.7 Å². The lowest BCUT2D eigenvalue weighted by molar-refractivity contribution is 0.0972. The van der Waals surface area contributed by atoms with Gasteiger partial charge in [0.15, 0.2) is 5.78 Å². The Bertz CT molecular complexity index is 1230. The highest BCUT2D eigenvalue weighted by Crippen LogP contribution is 2.23. The Morgan fingerprint density at radius 1 is 1.14 bits per heavy atom. The number of carbonyl (C=O) groups excluding carboxylic acids is 1. The van der Waals surface area contributed by atoms with E-state index in [1.54, 1.807) is 6.20 Å². The van der Waals surface area contributed by atoms with Crippen LogP contribution in [0.15, 0.2) is 52.4 Å². The molecule has 7 nitrogen and oxygen atoms in total. The van der Waals surface area contributed by atoms with Crippen molar-refractivity contribution >= 4 is 26.7 Å². The maximum absolute atomic E-state index is 12.9. The highest BCUT2D eigenvalue weighted by atomic mass is 32.2. The topological polar surface area (TPSA) is 92.2 Å². The molecule has 1 aliphatic rings. The van der Waals surface area contributed by atoms with E-state index >= 15 is 0 Å². The van der Waals surface area contributed by atoms with Gasteiger partial charge in [0, 0.05) is 48.0 Å². The summed E-state index contributed by atoms with van der Waals surface area (Å²) >= 11 is 0. The molecule has 0 radical (unpaired) electrons. The summed E-state index contributed by atoms with van der Waals surface area (Å²) in [4.78, 5) is 28.4. The molecule has 0 aliphatic carbocycles. The van der Waals surface area contributed by atoms with E-state index < -0.39 is 15.6 Å². The molecule has 1 aromatic carbocycles. The summed E-state index contributed by atoms with van der Waals surface area (Å²) in [6.45, 7) is 2.79. The number of rotatable bonds is 6. The fourth-order valence-corrected chi connectivity index (χ4v) is 5.38. The number of aromatic amines is 1. The summed E-state index contributed by atoms with van der Waals surface area (Å²) in [6, 6.07) is 8.30. The first-order chi connectivity index (χ1) is 13.9. The van der Waals surface area contributed by atoms with Crippen molar-refractivity contribution in [3.63, 3.8) is 0 Å². The van der Waals surface area contributed by atoms with Gasteiger partial charge in [-0.2, -0.15) is 4.31 Å². The van der Waals surface area contributed by atoms with E-state index in [1.807, 2.05) is 25.1 Å². The van der Waals surface area contributed by atoms with Crippen molar-refractivity contribution in [1.29, 1.82) is 0 Å². The molecule has 1 saturated heterocycles. The molecule has 0 saturated carbocycles. The molecular formula is C21H23N3O4S. The Morgan fingerprint density at radius 2 is 1.90 bits per heavy atom. The number of nitrogens with zero attached hydrogens (tertiary/aromatic N) is 2. The van der Waals surface area contributed by atoms with Crippen molar-refractivity contribution in [3.05, 3.63) is 64.2 Å². The van der Waals surface area contributed by atoms with E-state index in [4.69, 9.17) is 0 Å². The Kier molecular flexibility index (Phi) is 5.14. The Balaban J connectivity index is 1.66. The van der Waals surface area contributed by atoms with Crippen molar-refractivity contribution in [1.82, 2.24) is 13.9 Å². The summed E-state index contributed by atoms with van der Waals surface area (Å²) < 4.78 is 28.2. The minimum atomic E-state index is -3.66. The zero-order valence-electron chi connectivity index (χ0n) is 16.2. The summed E-state index contributed by atoms with van der Waals surface area (Å²) in [5.74, 6) is -0.248. The van der Waals surface area contributed by atoms with Crippen LogP contribution < -0.4 is 5.56 Å². The lowest BCUT2D eigenvalue weighted by atomic mass is 10.0. The van der Waals surface area contributed by atoms with Crippen LogP contribution in [0.2, 0.25) is 0 Å². The number of ketones is 1. The van der Waals surface area contributed by atoms with Crippen LogP contribution in [0.3, 0.4) is 0 Å². The van der Waals surface area contributed by atoms with Crippen molar-refractivity contribution < 1.29 is 13.2 Å². The molecule has 1 fully saturated rings. The second-order valence-corrected chi connectivity index (χ2v) is 9.20. The van der Waals surface area contributed by atoms with Gasteiger partial charge >= 0.3 is 0 Å². The predicted octanol–water partition coefficient (Wildman–Crippen LogP) is 2.56. The molecule has 1 aliphatic heterocycles. The second-order valence-electron chi connectivity index (χ2n) is 7.26. The number of sulfonamides is 1. The molecule has 8 heteroatoms. The molecule has 152 valence electrons. The van der Waals surface area contributed by atoms with Crippen LogP contribution in [0.25, 0.3) is 10.9 Å². The van der Waals surface area contributed by atoms with E-state index in [-0.39, 0.29) is 17.2 Å². The number of hydrogen-bond acceptors (Lipinski definition) is 4. The quantitative estimate of drug-likeness (QED) is 0.629. The molecule has 1 N–H and O–H groups in total. The van der Waals surface area contributed by atoms with Gasteiger partial charge in [0.25, 0.3) is 5.56 Å². The third-order valence-corrected chi connectivity index (χ3v) is 7.34. The van der Waals surface area contributed by atoms with Crippen LogP contribution in [0.4, 0.5) is 0 Å². The fourth-order valence-electron chi connectivity index (χ4n) is 3.85. The van der Waals surface area contributed by atoms with Crippen LogP contribution in [-0.2, 0) is 23.0 Å². The lowest BCUT2D eigenvalue weighted by Gasteiger charge is -2.16. The number of aromatic nitrogens is 2. The standard InChI is InChI=1S/C21H23N3O4S/c1-2-15-6-5-7-17-18(12-22-21(15)17)19(25)14-23-13-16(8-9-20(23)26)29(27,28)24-10-3-4-11-24/h5-9,12-13,22H,2-4,10-11,14H2,1H3. The second kappa shape index (κ2) is 7.61. The Morgan fingerprint density at radius 3 is 2.62 bits per heavy atom. The van der Waals surface area contributed by atoms with Gasteiger partial charge < -0.3 is 9.55 Å². The zero-order chi connectivity index (χ0) is 20.6. The number of fused-ring (bicyclic) bond motifs is 1. The molecule has 0 bridgehead atoms. The third-order valence-electron chi connectivity index (χ3n) is 5.46. The number of aryl methyl sites for hydroxylation is 1. The molecule has 0 atom stereocenters. The van der Waals surface area contributed by atoms with Crippen LogP contribution in [0, 0.1) is 0 Å². The van der Waals surface area contributed by atoms with Crippen molar-refractivity contribution in [2.45, 2.75) is 37.6 Å². The van der Waals surface area contributed by atoms with Crippen molar-refractivity contribution in [3.8, 4) is 0 Å². The molecule has 0 unspecified atom stereocenters. The third kappa shape index (κ3) is 3.54. The molecule has 0 spiro atoms. The zero-order valence-corrected chi connectivity index (χ0v) is 17.0.